The van der Waals surface area contributed by atoms with Crippen LogP contribution in [-0.2, 0) is 0 Å². The van der Waals surface area contributed by atoms with Crippen LogP contribution in [0.3, 0.4) is 0 Å². The summed E-state index contributed by atoms with van der Waals surface area (Å²) < 4.78 is 10.6. The van der Waals surface area contributed by atoms with Crippen molar-refractivity contribution in [1.29, 1.82) is 0 Å². The molecule has 29 heavy (non-hydrogen) atoms. The van der Waals surface area contributed by atoms with E-state index in [1.54, 1.807) is 29.2 Å². The van der Waals surface area contributed by atoms with Crippen LogP contribution in [0.5, 0.6) is 5.75 Å². The molecule has 8 heteroatoms. The first-order valence-corrected chi connectivity index (χ1v) is 10.3. The van der Waals surface area contributed by atoms with Gasteiger partial charge < -0.3 is 19.2 Å². The minimum atomic E-state index is -0.664. The molecular formula is C21H22N2O5S. The van der Waals surface area contributed by atoms with Gasteiger partial charge in [0.15, 0.2) is 11.3 Å². The molecule has 0 radical (unpaired) electrons. The summed E-state index contributed by atoms with van der Waals surface area (Å²) in [7, 11) is 1.50. The number of ether oxygens (including phenoxy) is 1. The molecule has 1 aliphatic rings. The Morgan fingerprint density at radius 1 is 1.24 bits per heavy atom. The van der Waals surface area contributed by atoms with Crippen LogP contribution >= 0.6 is 11.3 Å². The molecule has 0 saturated carbocycles. The lowest BCUT2D eigenvalue weighted by Crippen LogP contribution is -2.50. The van der Waals surface area contributed by atoms with Crippen molar-refractivity contribution in [3.05, 3.63) is 62.6 Å². The fourth-order valence-corrected chi connectivity index (χ4v) is 4.25. The highest BCUT2D eigenvalue weighted by Crippen LogP contribution is 2.25. The van der Waals surface area contributed by atoms with Crippen molar-refractivity contribution in [2.45, 2.75) is 6.10 Å². The second-order valence-electron chi connectivity index (χ2n) is 6.95. The van der Waals surface area contributed by atoms with E-state index in [0.717, 1.165) is 4.88 Å². The number of β-amino-alcohol motifs (C(OH)–C–C–N with tert-alkyl or cyclic N) is 1. The molecule has 0 spiro atoms. The van der Waals surface area contributed by atoms with E-state index >= 15 is 0 Å². The highest BCUT2D eigenvalue weighted by Gasteiger charge is 2.26. The van der Waals surface area contributed by atoms with Crippen molar-refractivity contribution in [1.82, 2.24) is 9.80 Å². The zero-order valence-electron chi connectivity index (χ0n) is 16.0. The Labute approximate surface area is 171 Å². The van der Waals surface area contributed by atoms with Gasteiger partial charge in [-0.15, -0.1) is 11.3 Å². The van der Waals surface area contributed by atoms with Gasteiger partial charge >= 0.3 is 5.63 Å². The fourth-order valence-electron chi connectivity index (χ4n) is 3.55. The van der Waals surface area contributed by atoms with Crippen LogP contribution in [-0.4, -0.2) is 60.6 Å². The highest BCUT2D eigenvalue weighted by molar-refractivity contribution is 7.10. The third-order valence-corrected chi connectivity index (χ3v) is 6.11. The van der Waals surface area contributed by atoms with Crippen molar-refractivity contribution in [2.24, 2.45) is 0 Å². The van der Waals surface area contributed by atoms with E-state index in [-0.39, 0.29) is 11.5 Å². The van der Waals surface area contributed by atoms with Gasteiger partial charge in [-0.1, -0.05) is 18.2 Å². The lowest BCUT2D eigenvalue weighted by molar-refractivity contribution is 0.0530. The standard InChI is InChI=1S/C21H22N2O5S/c1-27-17-5-2-4-14-12-15(21(26)28-19(14)17)20(25)23-9-7-22(8-10-23)13-16(24)18-6-3-11-29-18/h2-6,11-12,16,24H,7-10,13H2,1H3. The number of carbonyl (C=O) groups is 1. The van der Waals surface area contributed by atoms with Gasteiger partial charge in [0.25, 0.3) is 5.91 Å². The molecule has 1 unspecified atom stereocenters. The Morgan fingerprint density at radius 2 is 2.03 bits per heavy atom. The summed E-state index contributed by atoms with van der Waals surface area (Å²) in [6.07, 6.45) is -0.528. The largest absolute Gasteiger partial charge is 0.493 e. The summed E-state index contributed by atoms with van der Waals surface area (Å²) in [5, 5.41) is 12.9. The number of benzene rings is 1. The minimum Gasteiger partial charge on any atom is -0.493 e. The lowest BCUT2D eigenvalue weighted by Gasteiger charge is -2.35. The van der Waals surface area contributed by atoms with Gasteiger partial charge in [0.05, 0.1) is 7.11 Å². The van der Waals surface area contributed by atoms with Gasteiger partial charge in [-0.2, -0.15) is 0 Å². The number of methoxy groups -OCH3 is 1. The Bertz CT molecular complexity index is 1050. The molecule has 4 rings (SSSR count). The summed E-state index contributed by atoms with van der Waals surface area (Å²) in [5.74, 6) is 0.124. The van der Waals surface area contributed by atoms with Crippen LogP contribution in [0.2, 0.25) is 0 Å². The number of nitrogens with zero attached hydrogens (tertiary/aromatic N) is 2. The zero-order valence-corrected chi connectivity index (χ0v) is 16.9. The molecule has 7 nitrogen and oxygen atoms in total. The van der Waals surface area contributed by atoms with E-state index in [1.807, 2.05) is 17.5 Å². The van der Waals surface area contributed by atoms with Gasteiger partial charge in [-0.3, -0.25) is 9.69 Å². The molecule has 152 valence electrons. The number of carbonyl (C=O) groups excluding carboxylic acids is 1. The SMILES string of the molecule is COc1cccc2cc(C(=O)N3CCN(CC(O)c4cccs4)CC3)c(=O)oc12. The van der Waals surface area contributed by atoms with E-state index in [4.69, 9.17) is 9.15 Å². The molecule has 2 aromatic heterocycles. The number of para-hydroxylation sites is 1. The average molecular weight is 414 g/mol. The predicted octanol–water partition coefficient (Wildman–Crippen LogP) is 2.35. The third-order valence-electron chi connectivity index (χ3n) is 5.14. The molecule has 0 aliphatic carbocycles. The van der Waals surface area contributed by atoms with Gasteiger partial charge in [0.1, 0.15) is 11.7 Å². The van der Waals surface area contributed by atoms with Crippen LogP contribution < -0.4 is 10.4 Å². The summed E-state index contributed by atoms with van der Waals surface area (Å²) >= 11 is 1.53. The Balaban J connectivity index is 1.44. The second-order valence-corrected chi connectivity index (χ2v) is 7.93. The highest BCUT2D eigenvalue weighted by atomic mass is 32.1. The number of piperazine rings is 1. The first kappa shape index (κ1) is 19.6. The molecule has 3 heterocycles. The third kappa shape index (κ3) is 4.05. The van der Waals surface area contributed by atoms with Crippen LogP contribution in [0.4, 0.5) is 0 Å². The molecule has 1 amide bonds. The van der Waals surface area contributed by atoms with Crippen LogP contribution in [0, 0.1) is 0 Å². The van der Waals surface area contributed by atoms with Crippen molar-refractivity contribution >= 4 is 28.2 Å². The molecule has 1 aliphatic heterocycles. The maximum atomic E-state index is 12.9. The first-order chi connectivity index (χ1) is 14.1. The lowest BCUT2D eigenvalue weighted by atomic mass is 10.1. The Kier molecular flexibility index (Phi) is 5.66. The minimum absolute atomic E-state index is 0.0258. The smallest absolute Gasteiger partial charge is 0.349 e. The van der Waals surface area contributed by atoms with Gasteiger partial charge in [-0.05, 0) is 23.6 Å². The monoisotopic (exact) mass is 414 g/mol. The molecular weight excluding hydrogens is 392 g/mol. The van der Waals surface area contributed by atoms with E-state index in [0.29, 0.717) is 49.4 Å². The van der Waals surface area contributed by atoms with E-state index in [1.165, 1.54) is 18.4 Å². The van der Waals surface area contributed by atoms with Crippen LogP contribution in [0.25, 0.3) is 11.0 Å². The maximum Gasteiger partial charge on any atom is 0.349 e. The number of rotatable bonds is 5. The number of thiophene rings is 1. The molecule has 1 aromatic carbocycles. The summed E-state index contributed by atoms with van der Waals surface area (Å²) in [4.78, 5) is 30.0. The van der Waals surface area contributed by atoms with E-state index in [2.05, 4.69) is 4.90 Å². The van der Waals surface area contributed by atoms with Crippen molar-refractivity contribution < 1.29 is 19.1 Å². The number of hydrogen-bond donors (Lipinski definition) is 1. The number of aliphatic hydroxyl groups excluding tert-OH is 1. The first-order valence-electron chi connectivity index (χ1n) is 9.41. The van der Waals surface area contributed by atoms with Crippen LogP contribution in [0.15, 0.2) is 51.0 Å². The average Bonchev–Trinajstić information content (AvgIpc) is 3.28. The van der Waals surface area contributed by atoms with Crippen molar-refractivity contribution in [3.8, 4) is 5.75 Å². The summed E-state index contributed by atoms with van der Waals surface area (Å²) in [6, 6.07) is 10.7. The number of aliphatic hydroxyl groups is 1. The second kappa shape index (κ2) is 8.36. The van der Waals surface area contributed by atoms with Gasteiger partial charge in [-0.25, -0.2) is 4.79 Å². The molecule has 1 saturated heterocycles. The fraction of sp³-hybridized carbons (Fsp3) is 0.333. The predicted molar refractivity (Wildman–Crippen MR) is 111 cm³/mol. The number of fused-ring (bicyclic) bond motifs is 1. The quantitative estimate of drug-likeness (QED) is 0.646. The molecule has 1 fully saturated rings. The normalized spacial score (nSPS) is 16.1. The number of hydrogen-bond acceptors (Lipinski definition) is 7. The molecule has 0 bridgehead atoms. The van der Waals surface area contributed by atoms with Crippen LogP contribution in [0.1, 0.15) is 21.3 Å². The van der Waals surface area contributed by atoms with Gasteiger partial charge in [0.2, 0.25) is 0 Å². The Morgan fingerprint density at radius 3 is 2.72 bits per heavy atom. The summed E-state index contributed by atoms with van der Waals surface area (Å²) in [6.45, 7) is 2.79. The van der Waals surface area contributed by atoms with Crippen molar-refractivity contribution in [3.63, 3.8) is 0 Å². The zero-order chi connectivity index (χ0) is 20.4. The van der Waals surface area contributed by atoms with Crippen molar-refractivity contribution in [2.75, 3.05) is 39.8 Å². The number of amides is 1. The molecule has 1 N–H and O–H groups in total. The van der Waals surface area contributed by atoms with E-state index < -0.39 is 11.7 Å². The Hall–Kier alpha value is -2.68. The van der Waals surface area contributed by atoms with E-state index in [9.17, 15) is 14.7 Å². The molecule has 3 aromatic rings. The maximum absolute atomic E-state index is 12.9. The topological polar surface area (TPSA) is 83.2 Å². The molecule has 1 atom stereocenters. The van der Waals surface area contributed by atoms with Gasteiger partial charge in [0, 0.05) is 43.0 Å². The summed E-state index contributed by atoms with van der Waals surface area (Å²) in [5.41, 5.74) is -0.302.